The molecule has 0 N–H and O–H groups in total. The largest absolute Gasteiger partial charge is 0.416 e. The van der Waals surface area contributed by atoms with Gasteiger partial charge in [0.25, 0.3) is 0 Å². The Morgan fingerprint density at radius 1 is 1.06 bits per heavy atom. The molecule has 1 aromatic rings. The molecule has 17 heavy (non-hydrogen) atoms. The fourth-order valence-electron chi connectivity index (χ4n) is 1.31. The molecule has 2 nitrogen and oxygen atoms in total. The third-order valence-corrected chi connectivity index (χ3v) is 2.91. The average molecular weight is 270 g/mol. The third-order valence-electron chi connectivity index (χ3n) is 2.13. The summed E-state index contributed by atoms with van der Waals surface area (Å²) < 4.78 is 69.1. The van der Waals surface area contributed by atoms with Gasteiger partial charge in [-0.15, -0.1) is 3.89 Å². The molecule has 0 saturated carbocycles. The van der Waals surface area contributed by atoms with Crippen LogP contribution in [0.3, 0.4) is 0 Å². The number of rotatable bonds is 4. The Morgan fingerprint density at radius 3 is 2.00 bits per heavy atom. The summed E-state index contributed by atoms with van der Waals surface area (Å²) in [6.45, 7) is 0. The second-order valence-corrected chi connectivity index (χ2v) is 5.03. The highest BCUT2D eigenvalue weighted by Gasteiger charge is 2.29. The maximum absolute atomic E-state index is 12.2. The molecule has 0 spiro atoms. The van der Waals surface area contributed by atoms with E-state index in [1.807, 2.05) is 0 Å². The zero-order chi connectivity index (χ0) is 13.1. The predicted octanol–water partition coefficient (Wildman–Crippen LogP) is 2.94. The maximum atomic E-state index is 12.2. The summed E-state index contributed by atoms with van der Waals surface area (Å²) in [6, 6.07) is 4.35. The number of hydrogen-bond acceptors (Lipinski definition) is 2. The van der Waals surface area contributed by atoms with E-state index in [4.69, 9.17) is 0 Å². The van der Waals surface area contributed by atoms with Crippen molar-refractivity contribution in [2.24, 2.45) is 0 Å². The van der Waals surface area contributed by atoms with Crippen molar-refractivity contribution >= 4 is 10.2 Å². The lowest BCUT2D eigenvalue weighted by atomic mass is 10.1. The molecule has 0 atom stereocenters. The van der Waals surface area contributed by atoms with Crippen LogP contribution in [0.2, 0.25) is 0 Å². The van der Waals surface area contributed by atoms with Crippen molar-refractivity contribution < 1.29 is 25.5 Å². The first-order valence-corrected chi connectivity index (χ1v) is 6.32. The first-order chi connectivity index (χ1) is 7.68. The summed E-state index contributed by atoms with van der Waals surface area (Å²) in [5.74, 6) is -0.617. The van der Waals surface area contributed by atoms with Crippen LogP contribution in [0.15, 0.2) is 24.3 Å². The van der Waals surface area contributed by atoms with Crippen LogP contribution >= 0.6 is 0 Å². The summed E-state index contributed by atoms with van der Waals surface area (Å²) in [7, 11) is -4.51. The van der Waals surface area contributed by atoms with Crippen molar-refractivity contribution in [3.05, 3.63) is 35.4 Å². The number of alkyl halides is 3. The van der Waals surface area contributed by atoms with Crippen molar-refractivity contribution in [1.82, 2.24) is 0 Å². The molecule has 0 fully saturated rings. The highest BCUT2D eigenvalue weighted by atomic mass is 32.3. The van der Waals surface area contributed by atoms with Crippen molar-refractivity contribution in [3.8, 4) is 0 Å². The number of hydrogen-bond donors (Lipinski definition) is 0. The van der Waals surface area contributed by atoms with E-state index in [1.54, 1.807) is 0 Å². The average Bonchev–Trinajstić information content (AvgIpc) is 2.15. The SMILES string of the molecule is O=S(=O)(F)CCCc1ccc(C(F)(F)F)cc1. The zero-order valence-electron chi connectivity index (χ0n) is 8.67. The van der Waals surface area contributed by atoms with Gasteiger partial charge in [0.05, 0.1) is 11.3 Å². The first kappa shape index (κ1) is 14.0. The summed E-state index contributed by atoms with van der Waals surface area (Å²) in [6.07, 6.45) is -4.12. The minimum absolute atomic E-state index is 0.0458. The van der Waals surface area contributed by atoms with E-state index in [0.717, 1.165) is 12.1 Å². The normalized spacial score (nSPS) is 12.7. The molecule has 1 rings (SSSR count). The van der Waals surface area contributed by atoms with Crippen LogP contribution in [-0.2, 0) is 22.8 Å². The van der Waals surface area contributed by atoms with Crippen molar-refractivity contribution in [2.45, 2.75) is 19.0 Å². The molecule has 0 radical (unpaired) electrons. The van der Waals surface area contributed by atoms with Crippen molar-refractivity contribution in [1.29, 1.82) is 0 Å². The topological polar surface area (TPSA) is 34.1 Å². The summed E-state index contributed by atoms with van der Waals surface area (Å²) in [5.41, 5.74) is -0.221. The van der Waals surface area contributed by atoms with E-state index in [9.17, 15) is 25.5 Å². The van der Waals surface area contributed by atoms with Gasteiger partial charge in [0.1, 0.15) is 0 Å². The monoisotopic (exact) mass is 270 g/mol. The molecule has 1 aromatic carbocycles. The van der Waals surface area contributed by atoms with Gasteiger partial charge in [0, 0.05) is 0 Å². The minimum Gasteiger partial charge on any atom is -0.195 e. The molecule has 7 heteroatoms. The molecule has 0 aliphatic carbocycles. The molecule has 0 saturated heterocycles. The van der Waals surface area contributed by atoms with Crippen LogP contribution in [0.1, 0.15) is 17.5 Å². The molecule has 0 aliphatic heterocycles. The molecule has 0 unspecified atom stereocenters. The van der Waals surface area contributed by atoms with Crippen molar-refractivity contribution in [2.75, 3.05) is 5.75 Å². The van der Waals surface area contributed by atoms with Crippen LogP contribution in [-0.4, -0.2) is 14.2 Å². The lowest BCUT2D eigenvalue weighted by Gasteiger charge is -2.07. The fraction of sp³-hybridized carbons (Fsp3) is 0.400. The van der Waals surface area contributed by atoms with Crippen LogP contribution in [0, 0.1) is 0 Å². The summed E-state index contributed by atoms with van der Waals surface area (Å²) in [5, 5.41) is 0. The summed E-state index contributed by atoms with van der Waals surface area (Å²) in [4.78, 5) is 0. The molecule has 0 amide bonds. The van der Waals surface area contributed by atoms with E-state index in [2.05, 4.69) is 0 Å². The Labute approximate surface area is 96.5 Å². The Morgan fingerprint density at radius 2 is 1.59 bits per heavy atom. The van der Waals surface area contributed by atoms with E-state index in [-0.39, 0.29) is 12.8 Å². The van der Waals surface area contributed by atoms with Gasteiger partial charge >= 0.3 is 16.4 Å². The van der Waals surface area contributed by atoms with E-state index >= 15 is 0 Å². The third kappa shape index (κ3) is 5.16. The Kier molecular flexibility index (Phi) is 4.13. The lowest BCUT2D eigenvalue weighted by molar-refractivity contribution is -0.137. The highest BCUT2D eigenvalue weighted by molar-refractivity contribution is 7.86. The lowest BCUT2D eigenvalue weighted by Crippen LogP contribution is -2.05. The minimum atomic E-state index is -4.51. The van der Waals surface area contributed by atoms with Gasteiger partial charge in [-0.3, -0.25) is 0 Å². The van der Waals surface area contributed by atoms with E-state index in [0.29, 0.717) is 5.56 Å². The van der Waals surface area contributed by atoms with Crippen LogP contribution in [0.5, 0.6) is 0 Å². The molecular formula is C10H10F4O2S. The van der Waals surface area contributed by atoms with Crippen LogP contribution in [0.25, 0.3) is 0 Å². The summed E-state index contributed by atoms with van der Waals surface area (Å²) >= 11 is 0. The van der Waals surface area contributed by atoms with Crippen LogP contribution in [0.4, 0.5) is 17.1 Å². The van der Waals surface area contributed by atoms with Crippen molar-refractivity contribution in [3.63, 3.8) is 0 Å². The molecule has 0 bridgehead atoms. The van der Waals surface area contributed by atoms with Gasteiger partial charge < -0.3 is 0 Å². The predicted molar refractivity (Wildman–Crippen MR) is 54.7 cm³/mol. The molecule has 0 aliphatic rings. The zero-order valence-corrected chi connectivity index (χ0v) is 9.48. The van der Waals surface area contributed by atoms with Gasteiger partial charge in [-0.1, -0.05) is 12.1 Å². The molecule has 0 aromatic heterocycles. The Balaban J connectivity index is 2.58. The van der Waals surface area contributed by atoms with Gasteiger partial charge in [-0.2, -0.15) is 21.6 Å². The van der Waals surface area contributed by atoms with E-state index < -0.39 is 27.7 Å². The number of benzene rings is 1. The molecule has 96 valence electrons. The Hall–Kier alpha value is -1.11. The molecular weight excluding hydrogens is 260 g/mol. The van der Waals surface area contributed by atoms with Gasteiger partial charge in [0.2, 0.25) is 0 Å². The van der Waals surface area contributed by atoms with Crippen LogP contribution < -0.4 is 0 Å². The second kappa shape index (κ2) is 5.03. The van der Waals surface area contributed by atoms with E-state index in [1.165, 1.54) is 12.1 Å². The highest BCUT2D eigenvalue weighted by Crippen LogP contribution is 2.29. The van der Waals surface area contributed by atoms with Gasteiger partial charge in [-0.25, -0.2) is 0 Å². The first-order valence-electron chi connectivity index (χ1n) is 4.77. The number of halogens is 4. The molecule has 0 heterocycles. The quantitative estimate of drug-likeness (QED) is 0.622. The standard InChI is InChI=1S/C10H10F4O2S/c11-10(12,13)9-5-3-8(4-6-9)2-1-7-17(14,15)16/h3-6H,1-2,7H2. The maximum Gasteiger partial charge on any atom is 0.416 e. The second-order valence-electron chi connectivity index (χ2n) is 3.54. The Bertz CT molecular complexity index is 462. The fourth-order valence-corrected chi connectivity index (χ4v) is 1.80. The van der Waals surface area contributed by atoms with Gasteiger partial charge in [0.15, 0.2) is 0 Å². The smallest absolute Gasteiger partial charge is 0.195 e. The van der Waals surface area contributed by atoms with Gasteiger partial charge in [-0.05, 0) is 30.5 Å². The number of aryl methyl sites for hydroxylation is 1.